The lowest BCUT2D eigenvalue weighted by Crippen LogP contribution is -2.13. The highest BCUT2D eigenvalue weighted by Gasteiger charge is 2.05. The maximum Gasteiger partial charge on any atom is 0.225 e. The average molecular weight is 320 g/mol. The van der Waals surface area contributed by atoms with E-state index in [1.165, 1.54) is 5.56 Å². The molecule has 110 valence electrons. The second kappa shape index (κ2) is 7.53. The summed E-state index contributed by atoms with van der Waals surface area (Å²) in [5.74, 6) is 0.793. The molecule has 0 heterocycles. The van der Waals surface area contributed by atoms with Crippen molar-refractivity contribution in [1.82, 2.24) is 0 Å². The first-order valence-corrected chi connectivity index (χ1v) is 8.16. The molecule has 0 aliphatic carbocycles. The number of carbonyl (C=O) groups is 1. The number of rotatable bonds is 5. The molecule has 0 saturated heterocycles. The van der Waals surface area contributed by atoms with E-state index in [4.69, 9.17) is 11.6 Å². The van der Waals surface area contributed by atoms with E-state index >= 15 is 0 Å². The summed E-state index contributed by atoms with van der Waals surface area (Å²) in [5.41, 5.74) is 3.18. The summed E-state index contributed by atoms with van der Waals surface area (Å²) in [5, 5.41) is 3.69. The van der Waals surface area contributed by atoms with E-state index in [0.717, 1.165) is 26.9 Å². The Kier molecular flexibility index (Phi) is 5.71. The van der Waals surface area contributed by atoms with Gasteiger partial charge in [0.1, 0.15) is 0 Å². The summed E-state index contributed by atoms with van der Waals surface area (Å²) < 4.78 is 0. The van der Waals surface area contributed by atoms with Gasteiger partial charge in [-0.1, -0.05) is 29.3 Å². The molecule has 4 heteroatoms. The van der Waals surface area contributed by atoms with E-state index < -0.39 is 0 Å². The SMILES string of the molecule is Cc1ccc(NC(=O)CCSc2ccc(Cl)cc2)c(C)c1. The van der Waals surface area contributed by atoms with Crippen molar-refractivity contribution in [1.29, 1.82) is 0 Å². The van der Waals surface area contributed by atoms with Crippen molar-refractivity contribution in [3.05, 3.63) is 58.6 Å². The molecule has 1 N–H and O–H groups in total. The molecule has 0 unspecified atom stereocenters. The Labute approximate surface area is 134 Å². The molecule has 2 aromatic rings. The van der Waals surface area contributed by atoms with Gasteiger partial charge in [-0.05, 0) is 49.7 Å². The van der Waals surface area contributed by atoms with Gasteiger partial charge in [0.05, 0.1) is 0 Å². The normalized spacial score (nSPS) is 10.4. The zero-order valence-electron chi connectivity index (χ0n) is 12.2. The number of aryl methyl sites for hydroxylation is 2. The van der Waals surface area contributed by atoms with Crippen molar-refractivity contribution in [2.24, 2.45) is 0 Å². The van der Waals surface area contributed by atoms with E-state index in [1.54, 1.807) is 11.8 Å². The van der Waals surface area contributed by atoms with Crippen molar-refractivity contribution in [2.45, 2.75) is 25.2 Å². The highest BCUT2D eigenvalue weighted by atomic mass is 35.5. The van der Waals surface area contributed by atoms with Crippen molar-refractivity contribution < 1.29 is 4.79 Å². The molecule has 0 radical (unpaired) electrons. The van der Waals surface area contributed by atoms with E-state index in [2.05, 4.69) is 11.4 Å². The Morgan fingerprint density at radius 3 is 2.52 bits per heavy atom. The first-order valence-electron chi connectivity index (χ1n) is 6.80. The fourth-order valence-corrected chi connectivity index (χ4v) is 2.94. The number of hydrogen-bond donors (Lipinski definition) is 1. The lowest BCUT2D eigenvalue weighted by Gasteiger charge is -2.09. The van der Waals surface area contributed by atoms with Gasteiger partial charge in [0, 0.05) is 27.8 Å². The lowest BCUT2D eigenvalue weighted by molar-refractivity contribution is -0.115. The number of amides is 1. The number of hydrogen-bond acceptors (Lipinski definition) is 2. The number of anilines is 1. The van der Waals surface area contributed by atoms with E-state index in [9.17, 15) is 4.79 Å². The van der Waals surface area contributed by atoms with Crippen molar-refractivity contribution in [3.8, 4) is 0 Å². The molecule has 0 spiro atoms. The van der Waals surface area contributed by atoms with Gasteiger partial charge in [-0.3, -0.25) is 4.79 Å². The number of carbonyl (C=O) groups excluding carboxylic acids is 1. The monoisotopic (exact) mass is 319 g/mol. The molecule has 0 saturated carbocycles. The van der Waals surface area contributed by atoms with Gasteiger partial charge in [-0.2, -0.15) is 0 Å². The van der Waals surface area contributed by atoms with Crippen LogP contribution in [0.2, 0.25) is 5.02 Å². The molecule has 2 aromatic carbocycles. The second-order valence-corrected chi connectivity index (χ2v) is 6.52. The van der Waals surface area contributed by atoms with E-state index in [0.29, 0.717) is 6.42 Å². The summed E-state index contributed by atoms with van der Waals surface area (Å²) in [6.45, 7) is 4.05. The maximum atomic E-state index is 11.9. The van der Waals surface area contributed by atoms with Crippen molar-refractivity contribution in [3.63, 3.8) is 0 Å². The van der Waals surface area contributed by atoms with Crippen LogP contribution in [0.25, 0.3) is 0 Å². The minimum absolute atomic E-state index is 0.0448. The van der Waals surface area contributed by atoms with Crippen LogP contribution in [-0.2, 0) is 4.79 Å². The van der Waals surface area contributed by atoms with Crippen LogP contribution in [0, 0.1) is 13.8 Å². The van der Waals surface area contributed by atoms with Gasteiger partial charge in [-0.15, -0.1) is 11.8 Å². The van der Waals surface area contributed by atoms with Gasteiger partial charge >= 0.3 is 0 Å². The zero-order chi connectivity index (χ0) is 15.2. The Hall–Kier alpha value is -1.45. The van der Waals surface area contributed by atoms with Crippen molar-refractivity contribution in [2.75, 3.05) is 11.1 Å². The molecule has 2 nitrogen and oxygen atoms in total. The fraction of sp³-hybridized carbons (Fsp3) is 0.235. The number of nitrogens with one attached hydrogen (secondary N) is 1. The quantitative estimate of drug-likeness (QED) is 0.779. The largest absolute Gasteiger partial charge is 0.326 e. The summed E-state index contributed by atoms with van der Waals surface area (Å²) in [7, 11) is 0. The minimum atomic E-state index is 0.0448. The van der Waals surface area contributed by atoms with E-state index in [1.807, 2.05) is 50.2 Å². The van der Waals surface area contributed by atoms with Crippen LogP contribution in [0.3, 0.4) is 0 Å². The van der Waals surface area contributed by atoms with Gasteiger partial charge in [0.15, 0.2) is 0 Å². The molecular weight excluding hydrogens is 302 g/mol. The first kappa shape index (κ1) is 15.9. The highest BCUT2D eigenvalue weighted by molar-refractivity contribution is 7.99. The predicted octanol–water partition coefficient (Wildman–Crippen LogP) is 5.08. The fourth-order valence-electron chi connectivity index (χ4n) is 1.96. The van der Waals surface area contributed by atoms with Gasteiger partial charge in [0.25, 0.3) is 0 Å². The molecule has 0 fully saturated rings. The summed E-state index contributed by atoms with van der Waals surface area (Å²) in [6, 6.07) is 13.7. The maximum absolute atomic E-state index is 11.9. The topological polar surface area (TPSA) is 29.1 Å². The molecule has 0 aliphatic rings. The second-order valence-electron chi connectivity index (χ2n) is 4.92. The van der Waals surface area contributed by atoms with Crippen LogP contribution in [-0.4, -0.2) is 11.7 Å². The first-order chi connectivity index (χ1) is 10.0. The van der Waals surface area contributed by atoms with Gasteiger partial charge < -0.3 is 5.32 Å². The van der Waals surface area contributed by atoms with Crippen LogP contribution >= 0.6 is 23.4 Å². The third kappa shape index (κ3) is 5.10. The van der Waals surface area contributed by atoms with Crippen LogP contribution < -0.4 is 5.32 Å². The van der Waals surface area contributed by atoms with Crippen LogP contribution in [0.4, 0.5) is 5.69 Å². The molecule has 0 atom stereocenters. The molecule has 2 rings (SSSR count). The predicted molar refractivity (Wildman–Crippen MR) is 91.3 cm³/mol. The smallest absolute Gasteiger partial charge is 0.225 e. The Balaban J connectivity index is 1.81. The standard InChI is InChI=1S/C17H18ClNOS/c1-12-3-8-16(13(2)11-12)19-17(20)9-10-21-15-6-4-14(18)5-7-15/h3-8,11H,9-10H2,1-2H3,(H,19,20). The lowest BCUT2D eigenvalue weighted by atomic mass is 10.1. The molecule has 0 bridgehead atoms. The molecular formula is C17H18ClNOS. The van der Waals surface area contributed by atoms with Crippen molar-refractivity contribution >= 4 is 35.0 Å². The Morgan fingerprint density at radius 1 is 1.14 bits per heavy atom. The zero-order valence-corrected chi connectivity index (χ0v) is 13.7. The van der Waals surface area contributed by atoms with E-state index in [-0.39, 0.29) is 5.91 Å². The third-order valence-corrected chi connectivity index (χ3v) is 4.33. The number of benzene rings is 2. The average Bonchev–Trinajstić information content (AvgIpc) is 2.44. The molecule has 0 aliphatic heterocycles. The minimum Gasteiger partial charge on any atom is -0.326 e. The third-order valence-electron chi connectivity index (χ3n) is 3.07. The summed E-state index contributed by atoms with van der Waals surface area (Å²) in [6.07, 6.45) is 0.487. The van der Waals surface area contributed by atoms with Crippen LogP contribution in [0.5, 0.6) is 0 Å². The Bertz CT molecular complexity index is 625. The summed E-state index contributed by atoms with van der Waals surface area (Å²) in [4.78, 5) is 13.1. The van der Waals surface area contributed by atoms with Gasteiger partial charge in [-0.25, -0.2) is 0 Å². The number of halogens is 1. The molecule has 21 heavy (non-hydrogen) atoms. The van der Waals surface area contributed by atoms with Crippen LogP contribution in [0.15, 0.2) is 47.4 Å². The molecule has 0 aromatic heterocycles. The summed E-state index contributed by atoms with van der Waals surface area (Å²) >= 11 is 7.49. The number of thioether (sulfide) groups is 1. The Morgan fingerprint density at radius 2 is 1.86 bits per heavy atom. The highest BCUT2D eigenvalue weighted by Crippen LogP contribution is 2.21. The van der Waals surface area contributed by atoms with Gasteiger partial charge in [0.2, 0.25) is 5.91 Å². The van der Waals surface area contributed by atoms with Crippen LogP contribution in [0.1, 0.15) is 17.5 Å². The molecule has 1 amide bonds.